The highest BCUT2D eigenvalue weighted by atomic mass is 35.5. The Balaban J connectivity index is 2.09. The molecule has 1 aromatic rings. The number of aromatic nitrogens is 2. The van der Waals surface area contributed by atoms with Crippen LogP contribution >= 0.6 is 11.6 Å². The molecule has 0 radical (unpaired) electrons. The van der Waals surface area contributed by atoms with Crippen LogP contribution in [0.2, 0.25) is 5.02 Å². The summed E-state index contributed by atoms with van der Waals surface area (Å²) >= 11 is 5.95. The van der Waals surface area contributed by atoms with Gasteiger partial charge in [-0.05, 0) is 25.7 Å². The minimum absolute atomic E-state index is 0.00347. The second-order valence-corrected chi connectivity index (χ2v) is 4.69. The smallest absolute Gasteiger partial charge is 0.183 e. The summed E-state index contributed by atoms with van der Waals surface area (Å²) in [5.74, 6) is 0.532. The lowest BCUT2D eigenvalue weighted by Gasteiger charge is -2.10. The van der Waals surface area contributed by atoms with Crippen molar-refractivity contribution in [2.75, 3.05) is 0 Å². The highest BCUT2D eigenvalue weighted by Crippen LogP contribution is 2.33. The molecule has 2 rings (SSSR count). The van der Waals surface area contributed by atoms with Crippen LogP contribution in [0.1, 0.15) is 36.7 Å². The third-order valence-corrected chi connectivity index (χ3v) is 3.28. The SMILES string of the molecule is CCn1ncc(Cl)c1C(=O)CC(N)C1CC1. The van der Waals surface area contributed by atoms with Gasteiger partial charge in [0.15, 0.2) is 5.78 Å². The van der Waals surface area contributed by atoms with Crippen LogP contribution in [-0.2, 0) is 6.54 Å². The van der Waals surface area contributed by atoms with Gasteiger partial charge >= 0.3 is 0 Å². The Morgan fingerprint density at radius 2 is 2.44 bits per heavy atom. The van der Waals surface area contributed by atoms with Gasteiger partial charge in [0.1, 0.15) is 5.69 Å². The maximum absolute atomic E-state index is 12.0. The fourth-order valence-electron chi connectivity index (χ4n) is 1.88. The molecule has 1 aromatic heterocycles. The Bertz CT molecular complexity index is 398. The number of rotatable bonds is 5. The van der Waals surface area contributed by atoms with Gasteiger partial charge in [-0.1, -0.05) is 11.6 Å². The normalized spacial score (nSPS) is 17.4. The molecule has 1 aliphatic rings. The molecule has 0 aliphatic heterocycles. The Kier molecular flexibility index (Phi) is 3.30. The van der Waals surface area contributed by atoms with Crippen LogP contribution in [0.3, 0.4) is 0 Å². The fourth-order valence-corrected chi connectivity index (χ4v) is 2.13. The number of aryl methyl sites for hydroxylation is 1. The maximum atomic E-state index is 12.0. The van der Waals surface area contributed by atoms with E-state index in [4.69, 9.17) is 17.3 Å². The van der Waals surface area contributed by atoms with Crippen LogP contribution in [0.25, 0.3) is 0 Å². The maximum Gasteiger partial charge on any atom is 0.183 e. The number of hydrogen-bond donors (Lipinski definition) is 1. The van der Waals surface area contributed by atoms with Gasteiger partial charge in [0, 0.05) is 19.0 Å². The average molecular weight is 242 g/mol. The summed E-state index contributed by atoms with van der Waals surface area (Å²) < 4.78 is 1.63. The average Bonchev–Trinajstić information content (AvgIpc) is 3.02. The number of hydrogen-bond acceptors (Lipinski definition) is 3. The summed E-state index contributed by atoms with van der Waals surface area (Å²) in [5, 5.41) is 4.47. The van der Waals surface area contributed by atoms with Crippen molar-refractivity contribution >= 4 is 17.4 Å². The van der Waals surface area contributed by atoms with Crippen LogP contribution < -0.4 is 5.73 Å². The second kappa shape index (κ2) is 4.55. The predicted molar refractivity (Wildman–Crippen MR) is 62.6 cm³/mol. The molecule has 4 nitrogen and oxygen atoms in total. The Morgan fingerprint density at radius 1 is 1.75 bits per heavy atom. The first-order chi connectivity index (χ1) is 7.63. The predicted octanol–water partition coefficient (Wildman–Crippen LogP) is 1.87. The molecule has 2 N–H and O–H groups in total. The minimum atomic E-state index is -0.0243. The van der Waals surface area contributed by atoms with Crippen molar-refractivity contribution in [3.8, 4) is 0 Å². The Morgan fingerprint density at radius 3 is 3.00 bits per heavy atom. The number of nitrogens with zero attached hydrogens (tertiary/aromatic N) is 2. The van der Waals surface area contributed by atoms with Crippen molar-refractivity contribution in [2.45, 2.75) is 38.8 Å². The lowest BCUT2D eigenvalue weighted by Crippen LogP contribution is -2.27. The zero-order valence-corrected chi connectivity index (χ0v) is 10.1. The highest BCUT2D eigenvalue weighted by molar-refractivity contribution is 6.33. The zero-order chi connectivity index (χ0) is 11.7. The van der Waals surface area contributed by atoms with Crippen LogP contribution in [0.5, 0.6) is 0 Å². The van der Waals surface area contributed by atoms with Crippen LogP contribution in [0.15, 0.2) is 6.20 Å². The number of carbonyl (C=O) groups is 1. The van der Waals surface area contributed by atoms with E-state index < -0.39 is 0 Å². The van der Waals surface area contributed by atoms with E-state index >= 15 is 0 Å². The molecule has 1 saturated carbocycles. The van der Waals surface area contributed by atoms with Gasteiger partial charge in [0.2, 0.25) is 0 Å². The van der Waals surface area contributed by atoms with Gasteiger partial charge in [0.05, 0.1) is 11.2 Å². The summed E-state index contributed by atoms with van der Waals surface area (Å²) in [4.78, 5) is 12.0. The van der Waals surface area contributed by atoms with Crippen LogP contribution in [-0.4, -0.2) is 21.6 Å². The molecule has 1 atom stereocenters. The fraction of sp³-hybridized carbons (Fsp3) is 0.636. The topological polar surface area (TPSA) is 60.9 Å². The van der Waals surface area contributed by atoms with Crippen LogP contribution in [0.4, 0.5) is 0 Å². The summed E-state index contributed by atoms with van der Waals surface area (Å²) in [7, 11) is 0. The standard InChI is InChI=1S/C11H16ClN3O/c1-2-15-11(8(12)6-14-15)10(16)5-9(13)7-3-4-7/h6-7,9H,2-5,13H2,1H3. The second-order valence-electron chi connectivity index (χ2n) is 4.29. The molecule has 1 unspecified atom stereocenters. The van der Waals surface area contributed by atoms with E-state index in [0.717, 1.165) is 12.8 Å². The number of nitrogens with two attached hydrogens (primary N) is 1. The molecule has 0 saturated heterocycles. The lowest BCUT2D eigenvalue weighted by atomic mass is 10.1. The molecular formula is C11H16ClN3O. The van der Waals surface area contributed by atoms with Crippen molar-refractivity contribution in [1.29, 1.82) is 0 Å². The third kappa shape index (κ3) is 2.28. The van der Waals surface area contributed by atoms with E-state index in [-0.39, 0.29) is 11.8 Å². The quantitative estimate of drug-likeness (QED) is 0.801. The highest BCUT2D eigenvalue weighted by Gasteiger charge is 2.31. The van der Waals surface area contributed by atoms with Gasteiger partial charge < -0.3 is 5.73 Å². The summed E-state index contributed by atoms with van der Waals surface area (Å²) in [5.41, 5.74) is 6.43. The van der Waals surface area contributed by atoms with Crippen molar-refractivity contribution in [2.24, 2.45) is 11.7 Å². The molecule has 0 bridgehead atoms. The molecule has 88 valence electrons. The minimum Gasteiger partial charge on any atom is -0.327 e. The molecule has 0 amide bonds. The van der Waals surface area contributed by atoms with Gasteiger partial charge in [-0.25, -0.2) is 0 Å². The molecule has 1 aliphatic carbocycles. The number of Topliss-reactive ketones (excluding diaryl/α,β-unsaturated/α-hetero) is 1. The van der Waals surface area contributed by atoms with E-state index in [9.17, 15) is 4.79 Å². The van der Waals surface area contributed by atoms with E-state index in [1.54, 1.807) is 4.68 Å². The van der Waals surface area contributed by atoms with E-state index in [0.29, 0.717) is 29.6 Å². The monoisotopic (exact) mass is 241 g/mol. The number of ketones is 1. The van der Waals surface area contributed by atoms with Crippen molar-refractivity contribution in [3.63, 3.8) is 0 Å². The molecule has 5 heteroatoms. The van der Waals surface area contributed by atoms with E-state index in [1.807, 2.05) is 6.92 Å². The molecule has 1 heterocycles. The van der Waals surface area contributed by atoms with Gasteiger partial charge in [-0.3, -0.25) is 9.48 Å². The molecule has 0 spiro atoms. The third-order valence-electron chi connectivity index (χ3n) is 3.01. The van der Waals surface area contributed by atoms with Crippen molar-refractivity contribution < 1.29 is 4.79 Å². The van der Waals surface area contributed by atoms with Crippen LogP contribution in [0, 0.1) is 5.92 Å². The first-order valence-corrected chi connectivity index (χ1v) is 6.01. The first kappa shape index (κ1) is 11.6. The molecule has 0 aromatic carbocycles. The lowest BCUT2D eigenvalue weighted by molar-refractivity contribution is 0.0961. The van der Waals surface area contributed by atoms with Gasteiger partial charge in [-0.2, -0.15) is 5.10 Å². The van der Waals surface area contributed by atoms with E-state index in [2.05, 4.69) is 5.10 Å². The molecule has 1 fully saturated rings. The first-order valence-electron chi connectivity index (χ1n) is 5.63. The largest absolute Gasteiger partial charge is 0.327 e. The summed E-state index contributed by atoms with van der Waals surface area (Å²) in [6.45, 7) is 2.58. The number of halogens is 1. The summed E-state index contributed by atoms with van der Waals surface area (Å²) in [6, 6.07) is -0.0243. The Labute approximate surface area is 99.8 Å². The van der Waals surface area contributed by atoms with Crippen molar-refractivity contribution in [1.82, 2.24) is 9.78 Å². The Hall–Kier alpha value is -0.870. The van der Waals surface area contributed by atoms with Gasteiger partial charge in [-0.15, -0.1) is 0 Å². The summed E-state index contributed by atoms with van der Waals surface area (Å²) in [6.07, 6.45) is 4.18. The number of carbonyl (C=O) groups excluding carboxylic acids is 1. The molecule has 16 heavy (non-hydrogen) atoms. The zero-order valence-electron chi connectivity index (χ0n) is 9.32. The van der Waals surface area contributed by atoms with E-state index in [1.165, 1.54) is 6.20 Å². The van der Waals surface area contributed by atoms with Crippen molar-refractivity contribution in [3.05, 3.63) is 16.9 Å². The molecular weight excluding hydrogens is 226 g/mol. The van der Waals surface area contributed by atoms with Gasteiger partial charge in [0.25, 0.3) is 0 Å².